The highest BCUT2D eigenvalue weighted by atomic mass is 19.1. The van der Waals surface area contributed by atoms with Crippen molar-refractivity contribution in [3.05, 3.63) is 41.4 Å². The van der Waals surface area contributed by atoms with Crippen LogP contribution >= 0.6 is 0 Å². The Morgan fingerprint density at radius 3 is 2.58 bits per heavy atom. The molecule has 1 fully saturated rings. The number of hydrogen-bond donors (Lipinski definition) is 0. The van der Waals surface area contributed by atoms with Crippen LogP contribution < -0.4 is 4.74 Å². The Hall–Kier alpha value is -1.99. The van der Waals surface area contributed by atoms with Crippen molar-refractivity contribution in [1.82, 2.24) is 20.0 Å². The van der Waals surface area contributed by atoms with Crippen molar-refractivity contribution >= 4 is 0 Å². The Labute approximate surface area is 141 Å². The lowest BCUT2D eigenvalue weighted by Crippen LogP contribution is -2.46. The number of methoxy groups -OCH3 is 1. The summed E-state index contributed by atoms with van der Waals surface area (Å²) < 4.78 is 24.3. The predicted molar refractivity (Wildman–Crippen MR) is 87.3 cm³/mol. The molecule has 0 saturated carbocycles. The second kappa shape index (κ2) is 7.27. The van der Waals surface area contributed by atoms with Crippen molar-refractivity contribution in [3.63, 3.8) is 0 Å². The van der Waals surface area contributed by atoms with Gasteiger partial charge in [0.1, 0.15) is 0 Å². The van der Waals surface area contributed by atoms with Crippen LogP contribution in [0.25, 0.3) is 0 Å². The third kappa shape index (κ3) is 3.73. The summed E-state index contributed by atoms with van der Waals surface area (Å²) in [5, 5.41) is 8.00. The Balaban J connectivity index is 1.54. The van der Waals surface area contributed by atoms with Gasteiger partial charge in [0.2, 0.25) is 11.8 Å². The molecule has 7 heteroatoms. The summed E-state index contributed by atoms with van der Waals surface area (Å²) in [6.45, 7) is 8.30. The van der Waals surface area contributed by atoms with E-state index in [1.165, 1.54) is 7.11 Å². The molecular weight excluding hydrogens is 311 g/mol. The molecule has 1 aromatic carbocycles. The molecule has 1 aliphatic rings. The average Bonchev–Trinajstić information content (AvgIpc) is 3.02. The standard InChI is InChI=1S/C17H23FN4O2/c1-12(17-20-19-13(2)24-17)22-8-6-21(7-9-22)11-14-4-5-16(23-3)15(18)10-14/h4-5,10,12H,6-9,11H2,1-3H3/t12-/m0/s1. The van der Waals surface area contributed by atoms with Gasteiger partial charge in [0.15, 0.2) is 11.6 Å². The maximum atomic E-state index is 13.8. The normalized spacial score (nSPS) is 17.8. The van der Waals surface area contributed by atoms with Crippen LogP contribution in [0.4, 0.5) is 4.39 Å². The molecular formula is C17H23FN4O2. The summed E-state index contributed by atoms with van der Waals surface area (Å²) in [5.41, 5.74) is 0.960. The van der Waals surface area contributed by atoms with Crippen molar-refractivity contribution in [2.75, 3.05) is 33.3 Å². The first-order chi connectivity index (χ1) is 11.6. The third-order valence-electron chi connectivity index (χ3n) is 4.48. The number of aromatic nitrogens is 2. The minimum absolute atomic E-state index is 0.117. The zero-order chi connectivity index (χ0) is 17.1. The molecule has 0 N–H and O–H groups in total. The third-order valence-corrected chi connectivity index (χ3v) is 4.48. The lowest BCUT2D eigenvalue weighted by molar-refractivity contribution is 0.0869. The van der Waals surface area contributed by atoms with Crippen LogP contribution in [0.2, 0.25) is 0 Å². The number of aryl methyl sites for hydroxylation is 1. The Morgan fingerprint density at radius 1 is 1.25 bits per heavy atom. The summed E-state index contributed by atoms with van der Waals surface area (Å²) in [4.78, 5) is 4.65. The molecule has 0 aliphatic carbocycles. The Kier molecular flexibility index (Phi) is 5.11. The van der Waals surface area contributed by atoms with Gasteiger partial charge in [0.05, 0.1) is 13.2 Å². The van der Waals surface area contributed by atoms with E-state index in [9.17, 15) is 4.39 Å². The molecule has 3 rings (SSSR count). The van der Waals surface area contributed by atoms with Gasteiger partial charge in [0, 0.05) is 39.6 Å². The van der Waals surface area contributed by atoms with Gasteiger partial charge in [-0.3, -0.25) is 9.80 Å². The van der Waals surface area contributed by atoms with Gasteiger partial charge in [-0.25, -0.2) is 4.39 Å². The highest BCUT2D eigenvalue weighted by molar-refractivity contribution is 5.29. The van der Waals surface area contributed by atoms with Crippen molar-refractivity contribution in [2.45, 2.75) is 26.4 Å². The topological polar surface area (TPSA) is 54.6 Å². The molecule has 6 nitrogen and oxygen atoms in total. The highest BCUT2D eigenvalue weighted by Crippen LogP contribution is 2.22. The van der Waals surface area contributed by atoms with Crippen LogP contribution in [-0.2, 0) is 6.54 Å². The average molecular weight is 334 g/mol. The van der Waals surface area contributed by atoms with Crippen LogP contribution in [0.1, 0.15) is 30.3 Å². The lowest BCUT2D eigenvalue weighted by Gasteiger charge is -2.36. The summed E-state index contributed by atoms with van der Waals surface area (Å²) in [6, 6.07) is 5.26. The number of benzene rings is 1. The first kappa shape index (κ1) is 16.9. The van der Waals surface area contributed by atoms with E-state index in [-0.39, 0.29) is 17.6 Å². The van der Waals surface area contributed by atoms with E-state index in [0.29, 0.717) is 11.8 Å². The van der Waals surface area contributed by atoms with Crippen LogP contribution in [-0.4, -0.2) is 53.3 Å². The highest BCUT2D eigenvalue weighted by Gasteiger charge is 2.25. The number of halogens is 1. The van der Waals surface area contributed by atoms with E-state index < -0.39 is 0 Å². The predicted octanol–water partition coefficient (Wildman–Crippen LogP) is 2.40. The fourth-order valence-electron chi connectivity index (χ4n) is 3.01. The molecule has 2 aromatic rings. The molecule has 0 amide bonds. The zero-order valence-electron chi connectivity index (χ0n) is 14.3. The number of ether oxygens (including phenoxy) is 1. The van der Waals surface area contributed by atoms with Crippen molar-refractivity contribution in [3.8, 4) is 5.75 Å². The van der Waals surface area contributed by atoms with E-state index in [1.807, 2.05) is 6.07 Å². The number of hydrogen-bond acceptors (Lipinski definition) is 6. The van der Waals surface area contributed by atoms with Crippen LogP contribution in [0, 0.1) is 12.7 Å². The van der Waals surface area contributed by atoms with Gasteiger partial charge in [-0.05, 0) is 24.6 Å². The lowest BCUT2D eigenvalue weighted by atomic mass is 10.1. The molecule has 1 saturated heterocycles. The van der Waals surface area contributed by atoms with Gasteiger partial charge in [0.25, 0.3) is 0 Å². The van der Waals surface area contributed by atoms with E-state index >= 15 is 0 Å². The van der Waals surface area contributed by atoms with E-state index in [2.05, 4.69) is 26.9 Å². The first-order valence-electron chi connectivity index (χ1n) is 8.15. The van der Waals surface area contributed by atoms with Crippen LogP contribution in [0.3, 0.4) is 0 Å². The Bertz CT molecular complexity index is 683. The maximum Gasteiger partial charge on any atom is 0.233 e. The van der Waals surface area contributed by atoms with E-state index in [4.69, 9.17) is 9.15 Å². The van der Waals surface area contributed by atoms with Crippen LogP contribution in [0.15, 0.2) is 22.6 Å². The zero-order valence-corrected chi connectivity index (χ0v) is 14.3. The fourth-order valence-corrected chi connectivity index (χ4v) is 3.01. The molecule has 0 unspecified atom stereocenters. The number of nitrogens with zero attached hydrogens (tertiary/aromatic N) is 4. The number of piperazine rings is 1. The van der Waals surface area contributed by atoms with Gasteiger partial charge < -0.3 is 9.15 Å². The fraction of sp³-hybridized carbons (Fsp3) is 0.529. The second-order valence-corrected chi connectivity index (χ2v) is 6.12. The van der Waals surface area contributed by atoms with E-state index in [0.717, 1.165) is 38.3 Å². The molecule has 0 radical (unpaired) electrons. The molecule has 1 aromatic heterocycles. The van der Waals surface area contributed by atoms with Crippen molar-refractivity contribution < 1.29 is 13.5 Å². The van der Waals surface area contributed by atoms with Gasteiger partial charge >= 0.3 is 0 Å². The molecule has 130 valence electrons. The SMILES string of the molecule is COc1ccc(CN2CCN([C@@H](C)c3nnc(C)o3)CC2)cc1F. The summed E-state index contributed by atoms with van der Waals surface area (Å²) in [6.07, 6.45) is 0. The summed E-state index contributed by atoms with van der Waals surface area (Å²) in [7, 11) is 1.48. The quantitative estimate of drug-likeness (QED) is 0.837. The molecule has 1 aliphatic heterocycles. The minimum atomic E-state index is -0.311. The monoisotopic (exact) mass is 334 g/mol. The van der Waals surface area contributed by atoms with Crippen molar-refractivity contribution in [2.24, 2.45) is 0 Å². The maximum absolute atomic E-state index is 13.8. The second-order valence-electron chi connectivity index (χ2n) is 6.12. The molecule has 24 heavy (non-hydrogen) atoms. The largest absolute Gasteiger partial charge is 0.494 e. The minimum Gasteiger partial charge on any atom is -0.494 e. The summed E-state index contributed by atoms with van der Waals surface area (Å²) in [5.74, 6) is 1.23. The van der Waals surface area contributed by atoms with Gasteiger partial charge in [-0.15, -0.1) is 10.2 Å². The smallest absolute Gasteiger partial charge is 0.233 e. The molecule has 0 spiro atoms. The number of rotatable bonds is 5. The first-order valence-corrected chi connectivity index (χ1v) is 8.15. The van der Waals surface area contributed by atoms with Crippen LogP contribution in [0.5, 0.6) is 5.75 Å². The van der Waals surface area contributed by atoms with Gasteiger partial charge in [-0.1, -0.05) is 6.07 Å². The molecule has 1 atom stereocenters. The van der Waals surface area contributed by atoms with E-state index in [1.54, 1.807) is 19.1 Å². The molecule has 0 bridgehead atoms. The summed E-state index contributed by atoms with van der Waals surface area (Å²) >= 11 is 0. The van der Waals surface area contributed by atoms with Crippen molar-refractivity contribution in [1.29, 1.82) is 0 Å². The molecule has 2 heterocycles. The Morgan fingerprint density at radius 2 is 2.00 bits per heavy atom. The van der Waals surface area contributed by atoms with Gasteiger partial charge in [-0.2, -0.15) is 0 Å².